The first-order valence-electron chi connectivity index (χ1n) is 19.1. The summed E-state index contributed by atoms with van der Waals surface area (Å²) in [6, 6.07) is -6.57. The SMILES string of the molecule is [2H]c1c([2H])c([2H])c(-c2c([2H])c([2H])c([2H])c([2H])c2-c2c3c([2H])c([2H])c([2H])c([2H])c3c(-c3coc4ccccc34)c3c([2H])c([2H])c([2H])c([2H])c23)c([2H])c1[2H]. The van der Waals surface area contributed by atoms with Crippen LogP contribution in [0.4, 0.5) is 0 Å². The van der Waals surface area contributed by atoms with E-state index in [0.29, 0.717) is 11.0 Å². The van der Waals surface area contributed by atoms with Crippen LogP contribution in [0, 0.1) is 0 Å². The van der Waals surface area contributed by atoms with E-state index < -0.39 is 136 Å². The Morgan fingerprint density at radius 1 is 0.457 bits per heavy atom. The van der Waals surface area contributed by atoms with E-state index in [1.165, 1.54) is 6.26 Å². The molecule has 6 aromatic carbocycles. The summed E-state index contributed by atoms with van der Waals surface area (Å²) in [5.41, 5.74) is -1.87. The van der Waals surface area contributed by atoms with E-state index in [1.54, 1.807) is 24.3 Å². The molecule has 164 valence electrons. The predicted molar refractivity (Wildman–Crippen MR) is 148 cm³/mol. The predicted octanol–water partition coefficient (Wildman–Crippen LogP) is 9.74. The molecule has 0 radical (unpaired) electrons. The number of para-hydroxylation sites is 1. The van der Waals surface area contributed by atoms with Crippen LogP contribution < -0.4 is 0 Å². The summed E-state index contributed by atoms with van der Waals surface area (Å²) in [7, 11) is 0. The number of rotatable bonds is 3. The van der Waals surface area contributed by atoms with E-state index in [2.05, 4.69) is 0 Å². The lowest BCUT2D eigenvalue weighted by molar-refractivity contribution is 0.617. The minimum Gasteiger partial charge on any atom is -0.464 e. The highest BCUT2D eigenvalue weighted by atomic mass is 16.3. The highest BCUT2D eigenvalue weighted by Crippen LogP contribution is 2.47. The lowest BCUT2D eigenvalue weighted by Crippen LogP contribution is -1.92. The second kappa shape index (κ2) is 8.00. The number of furan rings is 1. The molecule has 7 aromatic rings. The first-order chi connectivity index (χ1) is 24.4. The van der Waals surface area contributed by atoms with Gasteiger partial charge in [0.25, 0.3) is 0 Å². The summed E-state index contributed by atoms with van der Waals surface area (Å²) < 4.78 is 155. The zero-order valence-electron chi connectivity index (χ0n) is 34.8. The third-order valence-corrected chi connectivity index (χ3v) is 5.81. The molecule has 0 atom stereocenters. The van der Waals surface area contributed by atoms with Gasteiger partial charge in [-0.1, -0.05) is 121 Å². The second-order valence-corrected chi connectivity index (χ2v) is 7.65. The van der Waals surface area contributed by atoms with Crippen LogP contribution in [-0.4, -0.2) is 0 Å². The Balaban J connectivity index is 1.91. The maximum absolute atomic E-state index is 9.22. The molecule has 0 saturated heterocycles. The van der Waals surface area contributed by atoms with Crippen molar-refractivity contribution in [1.29, 1.82) is 0 Å². The summed E-state index contributed by atoms with van der Waals surface area (Å²) in [4.78, 5) is 0. The molecule has 1 heterocycles. The molecule has 35 heavy (non-hydrogen) atoms. The Morgan fingerprint density at radius 3 is 1.63 bits per heavy atom. The van der Waals surface area contributed by atoms with Crippen molar-refractivity contribution in [3.8, 4) is 33.4 Å². The summed E-state index contributed by atoms with van der Waals surface area (Å²) >= 11 is 0. The Kier molecular flexibility index (Phi) is 2.10. The molecule has 0 unspecified atom stereocenters. The van der Waals surface area contributed by atoms with Gasteiger partial charge in [0.1, 0.15) is 5.58 Å². The molecule has 1 heteroatoms. The first-order valence-corrected chi connectivity index (χ1v) is 10.6. The smallest absolute Gasteiger partial charge is 0.134 e. The van der Waals surface area contributed by atoms with Gasteiger partial charge in [0.15, 0.2) is 0 Å². The van der Waals surface area contributed by atoms with Crippen LogP contribution in [0.3, 0.4) is 0 Å². The van der Waals surface area contributed by atoms with Gasteiger partial charge < -0.3 is 4.42 Å². The molecular formula is C34H22O. The van der Waals surface area contributed by atoms with Crippen molar-refractivity contribution in [3.63, 3.8) is 0 Å². The molecule has 7 rings (SSSR count). The summed E-state index contributed by atoms with van der Waals surface area (Å²) in [6.45, 7) is 0. The van der Waals surface area contributed by atoms with E-state index in [4.69, 9.17) is 20.9 Å². The van der Waals surface area contributed by atoms with Gasteiger partial charge in [0.05, 0.1) is 29.6 Å². The molecule has 0 amide bonds. The van der Waals surface area contributed by atoms with Crippen molar-refractivity contribution in [1.82, 2.24) is 0 Å². The Bertz CT molecular complexity index is 2660. The van der Waals surface area contributed by atoms with Crippen molar-refractivity contribution in [2.24, 2.45) is 0 Å². The van der Waals surface area contributed by atoms with E-state index in [1.807, 2.05) is 0 Å². The monoisotopic (exact) mass is 463 g/mol. The van der Waals surface area contributed by atoms with Gasteiger partial charge in [-0.3, -0.25) is 0 Å². The van der Waals surface area contributed by atoms with E-state index in [9.17, 15) is 6.85 Å². The molecule has 0 aliphatic heterocycles. The van der Waals surface area contributed by atoms with Crippen LogP contribution in [0.15, 0.2) is 138 Å². The molecule has 0 spiro atoms. The fraction of sp³-hybridized carbons (Fsp3) is 0. The Hall–Kier alpha value is -4.62. The topological polar surface area (TPSA) is 13.1 Å². The van der Waals surface area contributed by atoms with Crippen LogP contribution >= 0.6 is 0 Å². The largest absolute Gasteiger partial charge is 0.464 e. The van der Waals surface area contributed by atoms with Crippen molar-refractivity contribution in [2.45, 2.75) is 0 Å². The highest BCUT2D eigenvalue weighted by molar-refractivity contribution is 6.24. The van der Waals surface area contributed by atoms with Crippen molar-refractivity contribution in [2.75, 3.05) is 0 Å². The van der Waals surface area contributed by atoms with Gasteiger partial charge in [-0.15, -0.1) is 0 Å². The zero-order chi connectivity index (χ0) is 38.0. The molecule has 0 fully saturated rings. The standard InChI is InChI=1S/C34H22O/c1-2-12-23(13-3-1)24-14-4-5-16-26(24)33-27-17-6-8-19-29(27)34(30-20-9-7-18-28(30)33)31-22-35-32-21-11-10-15-25(31)32/h1-22H/i1D,2D,3D,4D,5D,6D,7D,8D,9D,12D,13D,14D,16D,17D,18D,19D,20D. The summed E-state index contributed by atoms with van der Waals surface area (Å²) in [5.74, 6) is 0. The van der Waals surface area contributed by atoms with Crippen molar-refractivity contribution in [3.05, 3.63) is 133 Å². The van der Waals surface area contributed by atoms with Crippen molar-refractivity contribution >= 4 is 32.5 Å². The third-order valence-electron chi connectivity index (χ3n) is 5.81. The van der Waals surface area contributed by atoms with Gasteiger partial charge in [-0.25, -0.2) is 0 Å². The van der Waals surface area contributed by atoms with Crippen LogP contribution in [0.1, 0.15) is 23.3 Å². The maximum Gasteiger partial charge on any atom is 0.134 e. The first kappa shape index (κ1) is 9.20. The van der Waals surface area contributed by atoms with E-state index in [-0.39, 0.29) is 21.9 Å². The van der Waals surface area contributed by atoms with Crippen LogP contribution in [0.2, 0.25) is 0 Å². The fourth-order valence-corrected chi connectivity index (χ4v) is 4.38. The normalized spacial score (nSPS) is 18.2. The van der Waals surface area contributed by atoms with Gasteiger partial charge in [0, 0.05) is 16.5 Å². The third kappa shape index (κ3) is 3.09. The minimum absolute atomic E-state index is 0.0668. The molecule has 1 nitrogen and oxygen atoms in total. The molecule has 0 saturated carbocycles. The maximum atomic E-state index is 9.22. The van der Waals surface area contributed by atoms with Crippen LogP contribution in [0.25, 0.3) is 65.9 Å². The van der Waals surface area contributed by atoms with E-state index >= 15 is 0 Å². The average Bonchev–Trinajstić information content (AvgIpc) is 3.57. The number of fused-ring (bicyclic) bond motifs is 3. The summed E-state index contributed by atoms with van der Waals surface area (Å²) in [5, 5.41) is -0.918. The molecule has 0 bridgehead atoms. The lowest BCUT2D eigenvalue weighted by atomic mass is 9.84. The quantitative estimate of drug-likeness (QED) is 0.238. The Labute approximate surface area is 227 Å². The van der Waals surface area contributed by atoms with Gasteiger partial charge >= 0.3 is 0 Å². The molecule has 0 aliphatic carbocycles. The zero-order valence-corrected chi connectivity index (χ0v) is 17.8. The molecule has 1 aromatic heterocycles. The lowest BCUT2D eigenvalue weighted by Gasteiger charge is -2.19. The molecule has 0 N–H and O–H groups in total. The van der Waals surface area contributed by atoms with Crippen molar-refractivity contribution < 1.29 is 27.7 Å². The number of hydrogen-bond donors (Lipinski definition) is 0. The average molecular weight is 464 g/mol. The minimum atomic E-state index is -0.859. The van der Waals surface area contributed by atoms with Crippen LogP contribution in [0.5, 0.6) is 0 Å². The fourth-order valence-electron chi connectivity index (χ4n) is 4.38. The van der Waals surface area contributed by atoms with Crippen LogP contribution in [-0.2, 0) is 0 Å². The highest BCUT2D eigenvalue weighted by Gasteiger charge is 2.20. The molecular weight excluding hydrogens is 424 g/mol. The summed E-state index contributed by atoms with van der Waals surface area (Å²) in [6.07, 6.45) is 1.29. The Morgan fingerprint density at radius 2 is 0.971 bits per heavy atom. The van der Waals surface area contributed by atoms with E-state index in [0.717, 1.165) is 0 Å². The van der Waals surface area contributed by atoms with Gasteiger partial charge in [-0.2, -0.15) is 0 Å². The second-order valence-electron chi connectivity index (χ2n) is 7.65. The van der Waals surface area contributed by atoms with Gasteiger partial charge in [-0.05, 0) is 49.9 Å². The van der Waals surface area contributed by atoms with Gasteiger partial charge in [0.2, 0.25) is 0 Å². The number of hydrogen-bond acceptors (Lipinski definition) is 1. The number of benzene rings is 6. The molecule has 0 aliphatic rings.